The predicted molar refractivity (Wildman–Crippen MR) is 88.7 cm³/mol. The van der Waals surface area contributed by atoms with Crippen molar-refractivity contribution in [3.05, 3.63) is 28.3 Å². The molecular weight excluding hydrogens is 310 g/mol. The second kappa shape index (κ2) is 4.44. The number of hydrogen-bond acceptors (Lipinski definition) is 2. The van der Waals surface area contributed by atoms with Crippen molar-refractivity contribution in [2.45, 2.75) is 62.9 Å². The summed E-state index contributed by atoms with van der Waals surface area (Å²) in [4.78, 5) is 15.1. The highest BCUT2D eigenvalue weighted by atomic mass is 35.5. The Balaban J connectivity index is 1.50. The van der Waals surface area contributed by atoms with Gasteiger partial charge in [0.15, 0.2) is 0 Å². The van der Waals surface area contributed by atoms with Gasteiger partial charge in [-0.25, -0.2) is 0 Å². The van der Waals surface area contributed by atoms with Gasteiger partial charge in [0.25, 0.3) is 0 Å². The number of fused-ring (bicyclic) bond motifs is 2. The fourth-order valence-corrected chi connectivity index (χ4v) is 6.45. The number of likely N-dealkylation sites (tertiary alicyclic amines) is 1. The van der Waals surface area contributed by atoms with Crippen molar-refractivity contribution in [3.63, 3.8) is 0 Å². The largest absolute Gasteiger partial charge is 0.506 e. The van der Waals surface area contributed by atoms with Crippen molar-refractivity contribution in [1.82, 2.24) is 4.90 Å². The molecule has 1 heterocycles. The molecule has 0 radical (unpaired) electrons. The zero-order valence-corrected chi connectivity index (χ0v) is 14.1. The summed E-state index contributed by atoms with van der Waals surface area (Å²) in [5.74, 6) is 1.39. The van der Waals surface area contributed by atoms with E-state index in [1.807, 2.05) is 6.07 Å². The normalized spacial score (nSPS) is 37.7. The summed E-state index contributed by atoms with van der Waals surface area (Å²) in [5.41, 5.74) is 2.40. The van der Waals surface area contributed by atoms with Crippen LogP contribution in [-0.4, -0.2) is 28.0 Å². The number of carbonyl (C=O) groups is 1. The highest BCUT2D eigenvalue weighted by molar-refractivity contribution is 6.33. The van der Waals surface area contributed by atoms with Gasteiger partial charge in [-0.3, -0.25) is 4.79 Å². The molecule has 4 heteroatoms. The Morgan fingerprint density at radius 2 is 2.04 bits per heavy atom. The third-order valence-corrected chi connectivity index (χ3v) is 7.46. The smallest absolute Gasteiger partial charge is 0.226 e. The summed E-state index contributed by atoms with van der Waals surface area (Å²) in [6.45, 7) is 2.27. The second-order valence-electron chi connectivity index (χ2n) is 8.15. The number of halogens is 1. The molecule has 122 valence electrons. The Morgan fingerprint density at radius 3 is 2.78 bits per heavy atom. The van der Waals surface area contributed by atoms with Gasteiger partial charge in [-0.2, -0.15) is 0 Å². The molecule has 5 rings (SSSR count). The van der Waals surface area contributed by atoms with Crippen molar-refractivity contribution in [1.29, 1.82) is 0 Å². The number of phenols is 1. The Hall–Kier alpha value is -1.22. The number of amides is 1. The number of hydrogen-bond donors (Lipinski definition) is 1. The molecule has 3 nitrogen and oxygen atoms in total. The minimum absolute atomic E-state index is 0.0329. The fourth-order valence-electron chi connectivity index (χ4n) is 6.05. The maximum Gasteiger partial charge on any atom is 0.226 e. The van der Waals surface area contributed by atoms with E-state index < -0.39 is 0 Å². The van der Waals surface area contributed by atoms with Crippen LogP contribution in [0.3, 0.4) is 0 Å². The number of piperidine rings is 1. The minimum atomic E-state index is 0.0329. The molecule has 23 heavy (non-hydrogen) atoms. The number of rotatable bonds is 1. The maximum absolute atomic E-state index is 12.9. The van der Waals surface area contributed by atoms with Gasteiger partial charge in [0.05, 0.1) is 5.02 Å². The van der Waals surface area contributed by atoms with Crippen LogP contribution in [0.4, 0.5) is 0 Å². The summed E-state index contributed by atoms with van der Waals surface area (Å²) in [5, 5.41) is 10.5. The van der Waals surface area contributed by atoms with Gasteiger partial charge in [0, 0.05) is 29.3 Å². The van der Waals surface area contributed by atoms with E-state index in [0.29, 0.717) is 28.9 Å². The Kier molecular flexibility index (Phi) is 2.73. The van der Waals surface area contributed by atoms with E-state index in [9.17, 15) is 9.90 Å². The van der Waals surface area contributed by atoms with Crippen molar-refractivity contribution < 1.29 is 9.90 Å². The Bertz CT molecular complexity index is 712. The third kappa shape index (κ3) is 1.60. The standard InChI is InChI=1S/C19H22ClNO2/c1-19-9-13-16(19)12(21(13)18(23)10-4-2-3-5-10)8-11-6-7-14(22)17(20)15(11)19/h6-7,10,12-13,16,22H,2-5,8-9H2,1H3/t12-,13?,16-,19+/m1/s1. The summed E-state index contributed by atoms with van der Waals surface area (Å²) in [6, 6.07) is 4.45. The zero-order valence-electron chi connectivity index (χ0n) is 13.4. The molecular formula is C19H22ClNO2. The average Bonchev–Trinajstić information content (AvgIpc) is 3.01. The fraction of sp³-hybridized carbons (Fsp3) is 0.632. The topological polar surface area (TPSA) is 40.5 Å². The summed E-state index contributed by atoms with van der Waals surface area (Å²) < 4.78 is 0. The lowest BCUT2D eigenvalue weighted by Gasteiger charge is -2.73. The molecule has 1 N–H and O–H groups in total. The lowest BCUT2D eigenvalue weighted by molar-refractivity contribution is -0.198. The highest BCUT2D eigenvalue weighted by Gasteiger charge is 2.69. The first-order valence-corrected chi connectivity index (χ1v) is 9.23. The van der Waals surface area contributed by atoms with Crippen molar-refractivity contribution >= 4 is 17.5 Å². The molecule has 1 aromatic rings. The molecule has 0 spiro atoms. The lowest BCUT2D eigenvalue weighted by atomic mass is 9.43. The van der Waals surface area contributed by atoms with Crippen LogP contribution in [-0.2, 0) is 16.6 Å². The van der Waals surface area contributed by atoms with Gasteiger partial charge in [-0.05, 0) is 42.9 Å². The van der Waals surface area contributed by atoms with Gasteiger partial charge in [0.2, 0.25) is 5.91 Å². The highest BCUT2D eigenvalue weighted by Crippen LogP contribution is 2.65. The molecule has 4 atom stereocenters. The summed E-state index contributed by atoms with van der Waals surface area (Å²) in [6.07, 6.45) is 6.45. The van der Waals surface area contributed by atoms with Crippen LogP contribution in [0.1, 0.15) is 50.2 Å². The Labute approximate surface area is 141 Å². The van der Waals surface area contributed by atoms with Crippen LogP contribution in [0.25, 0.3) is 0 Å². The van der Waals surface area contributed by atoms with Gasteiger partial charge in [-0.1, -0.05) is 37.4 Å². The number of carbonyl (C=O) groups excluding carboxylic acids is 1. The van der Waals surface area contributed by atoms with E-state index in [1.165, 1.54) is 18.4 Å². The van der Waals surface area contributed by atoms with E-state index in [0.717, 1.165) is 31.2 Å². The molecule has 3 fully saturated rings. The van der Waals surface area contributed by atoms with Crippen LogP contribution in [0, 0.1) is 11.8 Å². The van der Waals surface area contributed by atoms with Crippen LogP contribution in [0.5, 0.6) is 5.75 Å². The SMILES string of the molecule is C[C@@]12CC3[C@H]1[C@@H](Cc1ccc(O)c(Cl)c12)N3C(=O)C1CCCC1. The maximum atomic E-state index is 12.9. The first kappa shape index (κ1) is 14.2. The summed E-state index contributed by atoms with van der Waals surface area (Å²) >= 11 is 6.43. The molecule has 0 aromatic heterocycles. The number of aromatic hydroxyl groups is 1. The second-order valence-corrected chi connectivity index (χ2v) is 8.52. The molecule has 1 amide bonds. The van der Waals surface area contributed by atoms with Gasteiger partial charge < -0.3 is 10.0 Å². The van der Waals surface area contributed by atoms with Crippen LogP contribution in [0.2, 0.25) is 5.02 Å². The molecule has 0 bridgehead atoms. The zero-order chi connectivity index (χ0) is 15.9. The monoisotopic (exact) mass is 331 g/mol. The molecule has 1 aromatic carbocycles. The lowest BCUT2D eigenvalue weighted by Crippen LogP contribution is -2.81. The van der Waals surface area contributed by atoms with Crippen LogP contribution in [0.15, 0.2) is 12.1 Å². The molecule has 4 aliphatic rings. The first-order valence-electron chi connectivity index (χ1n) is 8.85. The van der Waals surface area contributed by atoms with Gasteiger partial charge >= 0.3 is 0 Å². The van der Waals surface area contributed by atoms with Crippen LogP contribution < -0.4 is 0 Å². The van der Waals surface area contributed by atoms with E-state index >= 15 is 0 Å². The van der Waals surface area contributed by atoms with E-state index in [1.54, 1.807) is 6.07 Å². The van der Waals surface area contributed by atoms with E-state index in [2.05, 4.69) is 11.8 Å². The quantitative estimate of drug-likeness (QED) is 0.853. The number of benzene rings is 1. The first-order chi connectivity index (χ1) is 11.0. The number of phenolic OH excluding ortho intramolecular Hbond substituents is 1. The molecule has 2 saturated carbocycles. The van der Waals surface area contributed by atoms with Gasteiger partial charge in [-0.15, -0.1) is 0 Å². The molecule has 1 unspecified atom stereocenters. The van der Waals surface area contributed by atoms with Crippen molar-refractivity contribution in [2.75, 3.05) is 0 Å². The van der Waals surface area contributed by atoms with E-state index in [4.69, 9.17) is 11.6 Å². The number of nitrogens with zero attached hydrogens (tertiary/aromatic N) is 1. The van der Waals surface area contributed by atoms with E-state index in [-0.39, 0.29) is 17.1 Å². The predicted octanol–water partition coefficient (Wildman–Crippen LogP) is 3.65. The van der Waals surface area contributed by atoms with Crippen molar-refractivity contribution in [3.8, 4) is 5.75 Å². The van der Waals surface area contributed by atoms with Crippen LogP contribution >= 0.6 is 11.6 Å². The Morgan fingerprint density at radius 1 is 1.30 bits per heavy atom. The molecule has 1 saturated heterocycles. The van der Waals surface area contributed by atoms with Crippen molar-refractivity contribution in [2.24, 2.45) is 11.8 Å². The third-order valence-electron chi connectivity index (χ3n) is 7.08. The molecule has 3 aliphatic carbocycles. The average molecular weight is 332 g/mol. The van der Waals surface area contributed by atoms with Gasteiger partial charge in [0.1, 0.15) is 5.75 Å². The molecule has 1 aliphatic heterocycles. The minimum Gasteiger partial charge on any atom is -0.506 e. The summed E-state index contributed by atoms with van der Waals surface area (Å²) in [7, 11) is 0.